The number of H-pyrrole nitrogens is 1. The number of aromatic amines is 1. The predicted octanol–water partition coefficient (Wildman–Crippen LogP) is 6.25. The van der Waals surface area contributed by atoms with Crippen LogP contribution in [0.5, 0.6) is 0 Å². The average molecular weight is 560 g/mol. The van der Waals surface area contributed by atoms with E-state index in [1.807, 2.05) is 45.0 Å². The summed E-state index contributed by atoms with van der Waals surface area (Å²) in [5.74, 6) is -1.17. The van der Waals surface area contributed by atoms with Gasteiger partial charge in [-0.2, -0.15) is 0 Å². The van der Waals surface area contributed by atoms with Crippen molar-refractivity contribution in [1.82, 2.24) is 14.8 Å². The van der Waals surface area contributed by atoms with Gasteiger partial charge in [0.2, 0.25) is 0 Å². The molecule has 5 rings (SSSR count). The van der Waals surface area contributed by atoms with Gasteiger partial charge in [-0.3, -0.25) is 4.90 Å². The largest absolute Gasteiger partial charge is 0.477 e. The molecule has 0 spiro atoms. The Labute approximate surface area is 240 Å². The molecule has 9 nitrogen and oxygen atoms in total. The SMILES string of the molecule is CC(C)(C)OC(=O)N1CCCCC(N(Cc2ccc(C(=O)O)[nH]2)C(=O)OCC2c3ccccc3-c3ccccc32)C1. The van der Waals surface area contributed by atoms with Crippen molar-refractivity contribution in [2.24, 2.45) is 0 Å². The summed E-state index contributed by atoms with van der Waals surface area (Å²) in [5.41, 5.74) is 4.51. The molecule has 41 heavy (non-hydrogen) atoms. The van der Waals surface area contributed by atoms with E-state index in [0.29, 0.717) is 25.2 Å². The van der Waals surface area contributed by atoms with Crippen LogP contribution in [0.2, 0.25) is 0 Å². The molecule has 2 N–H and O–H groups in total. The van der Waals surface area contributed by atoms with Gasteiger partial charge in [0.1, 0.15) is 17.9 Å². The van der Waals surface area contributed by atoms with Crippen molar-refractivity contribution >= 4 is 18.2 Å². The lowest BCUT2D eigenvalue weighted by atomic mass is 9.98. The summed E-state index contributed by atoms with van der Waals surface area (Å²) in [6, 6.07) is 19.1. The zero-order valence-electron chi connectivity index (χ0n) is 23.8. The maximum Gasteiger partial charge on any atom is 0.410 e. The second-order valence-electron chi connectivity index (χ2n) is 11.7. The standard InChI is InChI=1S/C32H37N3O6/c1-32(2,3)41-30(38)34-17-9-8-10-22(19-34)35(18-21-15-16-28(33-21)29(36)37)31(39)40-20-27-25-13-6-4-11-23(25)24-12-5-7-14-26(24)27/h4-7,11-16,22,27,33H,8-10,17-20H2,1-3H3,(H,36,37). The summed E-state index contributed by atoms with van der Waals surface area (Å²) in [4.78, 5) is 44.4. The lowest BCUT2D eigenvalue weighted by Gasteiger charge is -2.34. The molecule has 2 aliphatic rings. The molecule has 0 radical (unpaired) electrons. The minimum atomic E-state index is -1.07. The van der Waals surface area contributed by atoms with Crippen molar-refractivity contribution in [3.05, 3.63) is 83.2 Å². The number of rotatable bonds is 6. The van der Waals surface area contributed by atoms with E-state index in [-0.39, 0.29) is 30.8 Å². The van der Waals surface area contributed by atoms with Crippen LogP contribution >= 0.6 is 0 Å². The molecule has 0 saturated carbocycles. The fraction of sp³-hybridized carbons (Fsp3) is 0.406. The molecule has 1 atom stereocenters. The Hall–Kier alpha value is -4.27. The molecule has 1 saturated heterocycles. The molecule has 2 amide bonds. The number of carbonyl (C=O) groups is 3. The molecule has 216 valence electrons. The van der Waals surface area contributed by atoms with Crippen LogP contribution in [0.25, 0.3) is 11.1 Å². The smallest absolute Gasteiger partial charge is 0.410 e. The highest BCUT2D eigenvalue weighted by atomic mass is 16.6. The second-order valence-corrected chi connectivity index (χ2v) is 11.7. The lowest BCUT2D eigenvalue weighted by molar-refractivity contribution is 0.0187. The van der Waals surface area contributed by atoms with Crippen LogP contribution in [0.1, 0.15) is 73.3 Å². The molecule has 1 unspecified atom stereocenters. The molecule has 3 aromatic rings. The van der Waals surface area contributed by atoms with Crippen molar-refractivity contribution in [3.63, 3.8) is 0 Å². The molecule has 2 aromatic carbocycles. The van der Waals surface area contributed by atoms with E-state index in [4.69, 9.17) is 9.47 Å². The Morgan fingerprint density at radius 1 is 0.976 bits per heavy atom. The molecular weight excluding hydrogens is 522 g/mol. The molecular formula is C32H37N3O6. The van der Waals surface area contributed by atoms with Crippen molar-refractivity contribution < 1.29 is 29.0 Å². The van der Waals surface area contributed by atoms with Crippen LogP contribution in [0.3, 0.4) is 0 Å². The fourth-order valence-corrected chi connectivity index (χ4v) is 5.73. The Balaban J connectivity index is 1.38. The number of carbonyl (C=O) groups excluding carboxylic acids is 2. The van der Waals surface area contributed by atoms with Gasteiger partial charge in [-0.15, -0.1) is 0 Å². The summed E-state index contributed by atoms with van der Waals surface area (Å²) in [6.07, 6.45) is 1.37. The monoisotopic (exact) mass is 559 g/mol. The van der Waals surface area contributed by atoms with Gasteiger partial charge in [0.15, 0.2) is 0 Å². The first-order valence-corrected chi connectivity index (χ1v) is 14.1. The van der Waals surface area contributed by atoms with Crippen LogP contribution in [0, 0.1) is 0 Å². The number of hydrogen-bond acceptors (Lipinski definition) is 5. The third-order valence-corrected chi connectivity index (χ3v) is 7.63. The summed E-state index contributed by atoms with van der Waals surface area (Å²) in [7, 11) is 0. The van der Waals surface area contributed by atoms with Gasteiger partial charge in [-0.25, -0.2) is 14.4 Å². The Morgan fingerprint density at radius 3 is 2.24 bits per heavy atom. The third kappa shape index (κ3) is 6.39. The zero-order valence-corrected chi connectivity index (χ0v) is 23.8. The quantitative estimate of drug-likeness (QED) is 0.369. The van der Waals surface area contributed by atoms with Crippen LogP contribution in [0.4, 0.5) is 9.59 Å². The number of likely N-dealkylation sites (tertiary alicyclic amines) is 1. The second kappa shape index (κ2) is 11.7. The topological polar surface area (TPSA) is 112 Å². The maximum absolute atomic E-state index is 13.8. The highest BCUT2D eigenvalue weighted by molar-refractivity contribution is 5.85. The number of hydrogen-bond donors (Lipinski definition) is 2. The summed E-state index contributed by atoms with van der Waals surface area (Å²) >= 11 is 0. The number of aromatic carboxylic acids is 1. The highest BCUT2D eigenvalue weighted by Crippen LogP contribution is 2.44. The summed E-state index contributed by atoms with van der Waals surface area (Å²) in [5, 5.41) is 9.39. The fourth-order valence-electron chi connectivity index (χ4n) is 5.73. The third-order valence-electron chi connectivity index (χ3n) is 7.63. The van der Waals surface area contributed by atoms with Crippen LogP contribution in [0.15, 0.2) is 60.7 Å². The molecule has 1 fully saturated rings. The van der Waals surface area contributed by atoms with Crippen LogP contribution in [-0.2, 0) is 16.0 Å². The molecule has 9 heteroatoms. The van der Waals surface area contributed by atoms with E-state index in [9.17, 15) is 19.5 Å². The van der Waals surface area contributed by atoms with Crippen LogP contribution in [-0.4, -0.2) is 69.4 Å². The van der Waals surface area contributed by atoms with Crippen molar-refractivity contribution in [1.29, 1.82) is 0 Å². The summed E-state index contributed by atoms with van der Waals surface area (Å²) < 4.78 is 11.7. The number of benzene rings is 2. The molecule has 2 heterocycles. The van der Waals surface area contributed by atoms with E-state index in [2.05, 4.69) is 29.2 Å². The lowest BCUT2D eigenvalue weighted by Crippen LogP contribution is -2.48. The minimum absolute atomic E-state index is 0.0451. The Kier molecular flexibility index (Phi) is 8.06. The van der Waals surface area contributed by atoms with Gasteiger partial charge in [-0.1, -0.05) is 48.5 Å². The number of fused-ring (bicyclic) bond motifs is 3. The van der Waals surface area contributed by atoms with E-state index < -0.39 is 23.8 Å². The first-order chi connectivity index (χ1) is 19.6. The molecule has 1 aliphatic heterocycles. The minimum Gasteiger partial charge on any atom is -0.477 e. The predicted molar refractivity (Wildman–Crippen MR) is 154 cm³/mol. The van der Waals surface area contributed by atoms with Gasteiger partial charge in [-0.05, 0) is 74.4 Å². The first kappa shape index (κ1) is 28.3. The molecule has 0 bridgehead atoms. The first-order valence-electron chi connectivity index (χ1n) is 14.1. The Bertz CT molecular complexity index is 1380. The summed E-state index contributed by atoms with van der Waals surface area (Å²) in [6.45, 7) is 6.60. The maximum atomic E-state index is 13.8. The zero-order chi connectivity index (χ0) is 29.1. The van der Waals surface area contributed by atoms with Gasteiger partial charge >= 0.3 is 18.2 Å². The Morgan fingerprint density at radius 2 is 1.63 bits per heavy atom. The normalized spacial score (nSPS) is 16.9. The highest BCUT2D eigenvalue weighted by Gasteiger charge is 2.34. The van der Waals surface area contributed by atoms with Gasteiger partial charge in [0, 0.05) is 24.7 Å². The van der Waals surface area contributed by atoms with E-state index in [0.717, 1.165) is 35.1 Å². The van der Waals surface area contributed by atoms with E-state index in [1.165, 1.54) is 6.07 Å². The van der Waals surface area contributed by atoms with Gasteiger partial charge in [0.25, 0.3) is 0 Å². The van der Waals surface area contributed by atoms with Crippen molar-refractivity contribution in [2.75, 3.05) is 19.7 Å². The van der Waals surface area contributed by atoms with E-state index in [1.54, 1.807) is 15.9 Å². The van der Waals surface area contributed by atoms with Crippen molar-refractivity contribution in [3.8, 4) is 11.1 Å². The van der Waals surface area contributed by atoms with E-state index >= 15 is 0 Å². The molecule has 1 aromatic heterocycles. The molecule has 1 aliphatic carbocycles. The number of ether oxygens (including phenoxy) is 2. The number of nitrogens with one attached hydrogen (secondary N) is 1. The number of carboxylic acids is 1. The number of nitrogens with zero attached hydrogens (tertiary/aromatic N) is 2. The van der Waals surface area contributed by atoms with Crippen LogP contribution < -0.4 is 0 Å². The number of carboxylic acid groups (broad SMARTS) is 1. The van der Waals surface area contributed by atoms with Gasteiger partial charge < -0.3 is 24.5 Å². The average Bonchev–Trinajstić information content (AvgIpc) is 3.44. The number of amides is 2. The van der Waals surface area contributed by atoms with Gasteiger partial charge in [0.05, 0.1) is 12.6 Å². The van der Waals surface area contributed by atoms with Crippen molar-refractivity contribution in [2.45, 2.75) is 64.1 Å². The number of aromatic nitrogens is 1.